The van der Waals surface area contributed by atoms with Gasteiger partial charge in [0.1, 0.15) is 4.75 Å². The fourth-order valence-electron chi connectivity index (χ4n) is 2.91. The monoisotopic (exact) mass is 518 g/mol. The Morgan fingerprint density at radius 1 is 1.14 bits per heavy atom. The molecule has 1 aliphatic heterocycles. The highest BCUT2D eigenvalue weighted by Gasteiger charge is 2.38. The second kappa shape index (κ2) is 11.0. The molecule has 0 amide bonds. The maximum absolute atomic E-state index is 13.1. The number of thioether (sulfide) groups is 1. The molecule has 192 valence electrons. The van der Waals surface area contributed by atoms with Gasteiger partial charge in [0, 0.05) is 33.2 Å². The van der Waals surface area contributed by atoms with Crippen LogP contribution in [0.4, 0.5) is 19.1 Å². The maximum Gasteiger partial charge on any atom is 0.490 e. The first-order chi connectivity index (χ1) is 16.2. The van der Waals surface area contributed by atoms with Gasteiger partial charge in [-0.15, -0.1) is 5.92 Å². The molecule has 1 saturated heterocycles. The molecule has 3 N–H and O–H groups in total. The third-order valence-electron chi connectivity index (χ3n) is 4.84. The number of aromatic nitrogens is 4. The Kier molecular flexibility index (Phi) is 8.79. The normalized spacial score (nSPS) is 14.1. The van der Waals surface area contributed by atoms with Crippen LogP contribution >= 0.6 is 11.8 Å². The van der Waals surface area contributed by atoms with Crippen molar-refractivity contribution in [2.75, 3.05) is 31.1 Å². The number of hydrogen-bond acceptors (Lipinski definition) is 8. The number of piperazine rings is 1. The summed E-state index contributed by atoms with van der Waals surface area (Å²) in [6.07, 6.45) is -5.08. The number of nitrogens with one attached hydrogen (secondary N) is 1. The van der Waals surface area contributed by atoms with Gasteiger partial charge >= 0.3 is 18.1 Å². The van der Waals surface area contributed by atoms with E-state index in [-0.39, 0.29) is 5.56 Å². The minimum Gasteiger partial charge on any atom is -0.480 e. The highest BCUT2D eigenvalue weighted by atomic mass is 32.2. The lowest BCUT2D eigenvalue weighted by Gasteiger charge is -2.28. The number of anilines is 1. The number of imidazole rings is 1. The van der Waals surface area contributed by atoms with E-state index in [1.54, 1.807) is 27.8 Å². The fourth-order valence-corrected chi connectivity index (χ4v) is 3.80. The van der Waals surface area contributed by atoms with Gasteiger partial charge in [0.05, 0.1) is 6.54 Å². The first kappa shape index (κ1) is 28.0. The first-order valence-electron chi connectivity index (χ1n) is 10.3. The second-order valence-corrected chi connectivity index (χ2v) is 9.40. The van der Waals surface area contributed by atoms with Crippen LogP contribution in [0, 0.1) is 11.8 Å². The van der Waals surface area contributed by atoms with Crippen molar-refractivity contribution in [3.8, 4) is 11.8 Å². The number of carboxylic acids is 2. The zero-order chi connectivity index (χ0) is 26.6. The minimum absolute atomic E-state index is 0.263. The number of nitrogens with zero attached hydrogens (tertiary/aromatic N) is 5. The molecule has 0 unspecified atom stereocenters. The van der Waals surface area contributed by atoms with Gasteiger partial charge in [-0.2, -0.15) is 18.2 Å². The van der Waals surface area contributed by atoms with Crippen LogP contribution in [0.1, 0.15) is 20.8 Å². The topological polar surface area (TPSA) is 143 Å². The molecule has 3 rings (SSSR count). The number of rotatable bonds is 5. The van der Waals surface area contributed by atoms with Crippen molar-refractivity contribution < 1.29 is 33.0 Å². The third-order valence-corrected chi connectivity index (χ3v) is 6.08. The highest BCUT2D eigenvalue weighted by Crippen LogP contribution is 2.31. The van der Waals surface area contributed by atoms with Gasteiger partial charge < -0.3 is 20.4 Å². The number of hydrogen-bond donors (Lipinski definition) is 3. The largest absolute Gasteiger partial charge is 0.490 e. The summed E-state index contributed by atoms with van der Waals surface area (Å²) in [6.45, 7) is 8.48. The zero-order valence-electron chi connectivity index (χ0n) is 19.4. The zero-order valence-corrected chi connectivity index (χ0v) is 20.2. The molecule has 2 aromatic heterocycles. The SMILES string of the molecule is CC#CCn1c(N2CCNCC2)nc2nc(SC(C)(C)C(=O)O)n(C)c(=O)c21.O=C(O)C(F)(F)F. The molecule has 11 nitrogen and oxygen atoms in total. The molecule has 0 bridgehead atoms. The number of alkyl halides is 3. The summed E-state index contributed by atoms with van der Waals surface area (Å²) in [5.74, 6) is 2.81. The second-order valence-electron chi connectivity index (χ2n) is 7.81. The molecule has 15 heteroatoms. The predicted molar refractivity (Wildman–Crippen MR) is 123 cm³/mol. The average molecular weight is 519 g/mol. The Morgan fingerprint density at radius 2 is 1.71 bits per heavy atom. The van der Waals surface area contributed by atoms with E-state index >= 15 is 0 Å². The van der Waals surface area contributed by atoms with Crippen LogP contribution in [-0.2, 0) is 23.2 Å². The molecule has 3 heterocycles. The van der Waals surface area contributed by atoms with Crippen LogP contribution in [0.3, 0.4) is 0 Å². The Morgan fingerprint density at radius 3 is 2.20 bits per heavy atom. The van der Waals surface area contributed by atoms with Crippen molar-refractivity contribution in [3.05, 3.63) is 10.4 Å². The summed E-state index contributed by atoms with van der Waals surface area (Å²) in [5.41, 5.74) is 0.440. The molecule has 0 saturated carbocycles. The van der Waals surface area contributed by atoms with Gasteiger partial charge in [-0.3, -0.25) is 18.7 Å². The van der Waals surface area contributed by atoms with E-state index in [1.165, 1.54) is 4.57 Å². The Labute approximate surface area is 202 Å². The lowest BCUT2D eigenvalue weighted by molar-refractivity contribution is -0.192. The van der Waals surface area contributed by atoms with Crippen molar-refractivity contribution in [1.29, 1.82) is 0 Å². The summed E-state index contributed by atoms with van der Waals surface area (Å²) in [6, 6.07) is 0. The summed E-state index contributed by atoms with van der Waals surface area (Å²) < 4.78 is 33.8. The Balaban J connectivity index is 0.000000540. The third kappa shape index (κ3) is 6.67. The standard InChI is InChI=1S/C18H24N6O3S.C2HF3O2/c1-5-6-9-24-12-13(20-16(24)23-10-7-19-8-11-23)21-17(22(4)14(12)25)28-18(2,3)15(26)27;3-2(4,5)1(6)7/h19H,7-11H2,1-4H3,(H,26,27);(H,6,7). The fraction of sp³-hybridized carbons (Fsp3) is 0.550. The lowest BCUT2D eigenvalue weighted by atomic mass is 10.2. The van der Waals surface area contributed by atoms with Gasteiger partial charge in [0.2, 0.25) is 5.95 Å². The summed E-state index contributed by atoms with van der Waals surface area (Å²) in [7, 11) is 1.60. The molecule has 35 heavy (non-hydrogen) atoms. The van der Waals surface area contributed by atoms with Gasteiger partial charge in [-0.25, -0.2) is 9.78 Å². The van der Waals surface area contributed by atoms with Crippen molar-refractivity contribution in [3.63, 3.8) is 0 Å². The molecule has 0 radical (unpaired) electrons. The molecule has 0 atom stereocenters. The van der Waals surface area contributed by atoms with Gasteiger partial charge in [0.15, 0.2) is 16.3 Å². The van der Waals surface area contributed by atoms with Crippen LogP contribution in [0.5, 0.6) is 0 Å². The molecule has 1 fully saturated rings. The molecule has 2 aromatic rings. The summed E-state index contributed by atoms with van der Waals surface area (Å²) in [5, 5.41) is 20.2. The van der Waals surface area contributed by atoms with E-state index in [0.717, 1.165) is 37.9 Å². The van der Waals surface area contributed by atoms with Crippen molar-refractivity contribution in [2.24, 2.45) is 7.05 Å². The number of fused-ring (bicyclic) bond motifs is 1. The van der Waals surface area contributed by atoms with Crippen LogP contribution < -0.4 is 15.8 Å². The van der Waals surface area contributed by atoms with Crippen LogP contribution in [0.15, 0.2) is 9.95 Å². The van der Waals surface area contributed by atoms with Crippen LogP contribution in [0.25, 0.3) is 11.2 Å². The summed E-state index contributed by atoms with van der Waals surface area (Å²) >= 11 is 1.03. The van der Waals surface area contributed by atoms with E-state index < -0.39 is 22.9 Å². The van der Waals surface area contributed by atoms with Crippen molar-refractivity contribution >= 4 is 40.8 Å². The first-order valence-corrected chi connectivity index (χ1v) is 11.1. The molecule has 1 aliphatic rings. The van der Waals surface area contributed by atoms with E-state index in [4.69, 9.17) is 9.90 Å². The van der Waals surface area contributed by atoms with E-state index in [9.17, 15) is 27.9 Å². The molecular weight excluding hydrogens is 493 g/mol. The van der Waals surface area contributed by atoms with Crippen molar-refractivity contribution in [2.45, 2.75) is 43.4 Å². The Bertz CT molecular complexity index is 1220. The van der Waals surface area contributed by atoms with Gasteiger partial charge in [-0.1, -0.05) is 17.7 Å². The lowest BCUT2D eigenvalue weighted by Crippen LogP contribution is -2.44. The highest BCUT2D eigenvalue weighted by molar-refractivity contribution is 8.01. The average Bonchev–Trinajstić information content (AvgIpc) is 3.14. The quantitative estimate of drug-likeness (QED) is 0.300. The molecule has 0 aliphatic carbocycles. The van der Waals surface area contributed by atoms with E-state index in [1.807, 2.05) is 4.57 Å². The smallest absolute Gasteiger partial charge is 0.480 e. The van der Waals surface area contributed by atoms with E-state index in [2.05, 4.69) is 32.0 Å². The number of aliphatic carboxylic acids is 2. The number of carbonyl (C=O) groups is 2. The molecule has 0 spiro atoms. The van der Waals surface area contributed by atoms with Crippen molar-refractivity contribution in [1.82, 2.24) is 24.4 Å². The molecular formula is C20H25F3N6O5S. The van der Waals surface area contributed by atoms with Gasteiger partial charge in [-0.05, 0) is 20.8 Å². The Hall–Kier alpha value is -3.25. The van der Waals surface area contributed by atoms with E-state index in [0.29, 0.717) is 28.8 Å². The summed E-state index contributed by atoms with van der Waals surface area (Å²) in [4.78, 5) is 44.8. The van der Waals surface area contributed by atoms with Crippen LogP contribution in [-0.4, -0.2) is 78.4 Å². The predicted octanol–water partition coefficient (Wildman–Crippen LogP) is 1.15. The maximum atomic E-state index is 13.1. The van der Waals surface area contributed by atoms with Crippen LogP contribution in [0.2, 0.25) is 0 Å². The number of carboxylic acid groups (broad SMARTS) is 2. The number of halogens is 3. The van der Waals surface area contributed by atoms with Gasteiger partial charge in [0.25, 0.3) is 5.56 Å². The molecule has 0 aromatic carbocycles. The minimum atomic E-state index is -5.08.